The summed E-state index contributed by atoms with van der Waals surface area (Å²) in [6.07, 6.45) is -0.693. The zero-order valence-corrected chi connectivity index (χ0v) is 10.3. The summed E-state index contributed by atoms with van der Waals surface area (Å²) in [4.78, 5) is 0. The Balaban J connectivity index is 2.49. The molecule has 0 heterocycles. The summed E-state index contributed by atoms with van der Waals surface area (Å²) in [6.45, 7) is 2.73. The zero-order chi connectivity index (χ0) is 12.7. The molecule has 0 aliphatic carbocycles. The molecule has 1 N–H and O–H groups in total. The van der Waals surface area contributed by atoms with Gasteiger partial charge < -0.3 is 14.6 Å². The Bertz CT molecular complexity index is 403. The molecule has 0 aliphatic heterocycles. The number of nitriles is 1. The van der Waals surface area contributed by atoms with Crippen molar-refractivity contribution in [1.82, 2.24) is 0 Å². The van der Waals surface area contributed by atoms with Gasteiger partial charge >= 0.3 is 0 Å². The van der Waals surface area contributed by atoms with E-state index in [0.29, 0.717) is 22.9 Å². The minimum absolute atomic E-state index is 0.103. The average Bonchev–Trinajstić information content (AvgIpc) is 2.34. The lowest BCUT2D eigenvalue weighted by Gasteiger charge is -2.13. The molecule has 0 bridgehead atoms. The molecule has 1 aromatic rings. The maximum Gasteiger partial charge on any atom is 0.138 e. The topological polar surface area (TPSA) is 62.5 Å². The molecule has 1 unspecified atom stereocenters. The molecule has 0 aliphatic rings. The number of rotatable bonds is 6. The van der Waals surface area contributed by atoms with Crippen LogP contribution in [0.25, 0.3) is 0 Å². The van der Waals surface area contributed by atoms with Crippen LogP contribution in [-0.2, 0) is 4.74 Å². The normalized spacial score (nSPS) is 11.9. The first-order valence-electron chi connectivity index (χ1n) is 5.25. The molecule has 0 saturated heterocycles. The third kappa shape index (κ3) is 4.61. The van der Waals surface area contributed by atoms with E-state index in [1.165, 1.54) is 6.07 Å². The van der Waals surface area contributed by atoms with E-state index in [1.807, 2.05) is 13.0 Å². The van der Waals surface area contributed by atoms with Crippen LogP contribution < -0.4 is 4.74 Å². The Morgan fingerprint density at radius 1 is 1.47 bits per heavy atom. The first-order valence-corrected chi connectivity index (χ1v) is 5.63. The van der Waals surface area contributed by atoms with Gasteiger partial charge in [-0.25, -0.2) is 0 Å². The highest BCUT2D eigenvalue weighted by Gasteiger charge is 2.08. The summed E-state index contributed by atoms with van der Waals surface area (Å²) in [5.74, 6) is 0.446. The molecule has 0 saturated carbocycles. The molecule has 1 atom stereocenters. The molecule has 0 aromatic heterocycles. The molecule has 0 fully saturated rings. The van der Waals surface area contributed by atoms with E-state index in [4.69, 9.17) is 26.3 Å². The number of nitrogens with zero attached hydrogens (tertiary/aromatic N) is 1. The lowest BCUT2D eigenvalue weighted by molar-refractivity contribution is 0.0164. The van der Waals surface area contributed by atoms with Gasteiger partial charge in [-0.2, -0.15) is 5.26 Å². The molecular formula is C12H14ClNO3. The van der Waals surface area contributed by atoms with Crippen LogP contribution in [0, 0.1) is 11.3 Å². The van der Waals surface area contributed by atoms with E-state index in [-0.39, 0.29) is 13.2 Å². The first-order chi connectivity index (χ1) is 8.17. The predicted octanol–water partition coefficient (Wildman–Crippen LogP) is 1.99. The second-order valence-corrected chi connectivity index (χ2v) is 3.79. The number of halogens is 1. The second-order valence-electron chi connectivity index (χ2n) is 3.38. The SMILES string of the molecule is CCOCC(O)COc1ccc(C#N)cc1Cl. The second kappa shape index (κ2) is 7.13. The van der Waals surface area contributed by atoms with E-state index >= 15 is 0 Å². The first kappa shape index (κ1) is 13.8. The van der Waals surface area contributed by atoms with Crippen molar-refractivity contribution < 1.29 is 14.6 Å². The van der Waals surface area contributed by atoms with E-state index in [0.717, 1.165) is 0 Å². The average molecular weight is 256 g/mol. The minimum atomic E-state index is -0.693. The third-order valence-corrected chi connectivity index (χ3v) is 2.30. The van der Waals surface area contributed by atoms with Crippen LogP contribution in [0.15, 0.2) is 18.2 Å². The van der Waals surface area contributed by atoms with Gasteiger partial charge in [-0.15, -0.1) is 0 Å². The molecule has 0 spiro atoms. The van der Waals surface area contributed by atoms with E-state index in [9.17, 15) is 5.11 Å². The molecule has 0 amide bonds. The fourth-order valence-electron chi connectivity index (χ4n) is 1.18. The van der Waals surface area contributed by atoms with Gasteiger partial charge in [0.25, 0.3) is 0 Å². The number of hydrogen-bond donors (Lipinski definition) is 1. The number of aliphatic hydroxyl groups excluding tert-OH is 1. The van der Waals surface area contributed by atoms with Gasteiger partial charge in [0.1, 0.15) is 18.5 Å². The maximum atomic E-state index is 9.49. The molecule has 17 heavy (non-hydrogen) atoms. The summed E-state index contributed by atoms with van der Waals surface area (Å²) in [7, 11) is 0. The van der Waals surface area contributed by atoms with Gasteiger partial charge in [0, 0.05) is 6.61 Å². The summed E-state index contributed by atoms with van der Waals surface area (Å²) in [6, 6.07) is 6.71. The lowest BCUT2D eigenvalue weighted by Crippen LogP contribution is -2.23. The highest BCUT2D eigenvalue weighted by molar-refractivity contribution is 6.32. The lowest BCUT2D eigenvalue weighted by atomic mass is 10.2. The van der Waals surface area contributed by atoms with Crippen LogP contribution in [0.2, 0.25) is 5.02 Å². The molecule has 0 radical (unpaired) electrons. The van der Waals surface area contributed by atoms with Gasteiger partial charge in [0.2, 0.25) is 0 Å². The van der Waals surface area contributed by atoms with Crippen molar-refractivity contribution in [2.45, 2.75) is 13.0 Å². The number of benzene rings is 1. The molecule has 5 heteroatoms. The number of hydrogen-bond acceptors (Lipinski definition) is 4. The maximum absolute atomic E-state index is 9.49. The van der Waals surface area contributed by atoms with Crippen LogP contribution in [0.3, 0.4) is 0 Å². The van der Waals surface area contributed by atoms with Gasteiger partial charge in [0.05, 0.1) is 23.3 Å². The fraction of sp³-hybridized carbons (Fsp3) is 0.417. The monoisotopic (exact) mass is 255 g/mol. The van der Waals surface area contributed by atoms with Crippen LogP contribution in [0.1, 0.15) is 12.5 Å². The minimum Gasteiger partial charge on any atom is -0.489 e. The predicted molar refractivity (Wildman–Crippen MR) is 64.2 cm³/mol. The molecule has 4 nitrogen and oxygen atoms in total. The van der Waals surface area contributed by atoms with Crippen LogP contribution >= 0.6 is 11.6 Å². The van der Waals surface area contributed by atoms with E-state index in [1.54, 1.807) is 12.1 Å². The number of aliphatic hydroxyl groups is 1. The smallest absolute Gasteiger partial charge is 0.138 e. The highest BCUT2D eigenvalue weighted by atomic mass is 35.5. The van der Waals surface area contributed by atoms with Gasteiger partial charge in [-0.1, -0.05) is 11.6 Å². The van der Waals surface area contributed by atoms with E-state index in [2.05, 4.69) is 0 Å². The Labute approximate surface area is 105 Å². The van der Waals surface area contributed by atoms with Gasteiger partial charge in [-0.3, -0.25) is 0 Å². The summed E-state index contributed by atoms with van der Waals surface area (Å²) in [5.41, 5.74) is 0.470. The highest BCUT2D eigenvalue weighted by Crippen LogP contribution is 2.25. The van der Waals surface area contributed by atoms with Crippen LogP contribution in [0.4, 0.5) is 0 Å². The van der Waals surface area contributed by atoms with Crippen molar-refractivity contribution in [3.8, 4) is 11.8 Å². The summed E-state index contributed by atoms with van der Waals surface area (Å²) >= 11 is 5.91. The largest absolute Gasteiger partial charge is 0.489 e. The molecule has 1 aromatic carbocycles. The van der Waals surface area contributed by atoms with E-state index < -0.39 is 6.10 Å². The zero-order valence-electron chi connectivity index (χ0n) is 9.52. The summed E-state index contributed by atoms with van der Waals surface area (Å²) < 4.78 is 10.4. The van der Waals surface area contributed by atoms with Gasteiger partial charge in [-0.05, 0) is 25.1 Å². The Hall–Kier alpha value is -1.28. The molecular weight excluding hydrogens is 242 g/mol. The fourth-order valence-corrected chi connectivity index (χ4v) is 1.41. The third-order valence-electron chi connectivity index (χ3n) is 2.01. The van der Waals surface area contributed by atoms with Crippen molar-refractivity contribution >= 4 is 11.6 Å². The standard InChI is InChI=1S/C12H14ClNO3/c1-2-16-7-10(15)8-17-12-4-3-9(6-14)5-11(12)13/h3-5,10,15H,2,7-8H2,1H3. The Morgan fingerprint density at radius 3 is 2.82 bits per heavy atom. The molecule has 92 valence electrons. The number of ether oxygens (including phenoxy) is 2. The Morgan fingerprint density at radius 2 is 2.24 bits per heavy atom. The Kier molecular flexibility index (Phi) is 5.78. The van der Waals surface area contributed by atoms with Crippen molar-refractivity contribution in [2.24, 2.45) is 0 Å². The van der Waals surface area contributed by atoms with Crippen molar-refractivity contribution in [3.05, 3.63) is 28.8 Å². The summed E-state index contributed by atoms with van der Waals surface area (Å²) in [5, 5.41) is 18.5. The molecule has 1 rings (SSSR count). The van der Waals surface area contributed by atoms with Crippen LogP contribution in [0.5, 0.6) is 5.75 Å². The van der Waals surface area contributed by atoms with Crippen molar-refractivity contribution in [3.63, 3.8) is 0 Å². The van der Waals surface area contributed by atoms with Crippen molar-refractivity contribution in [1.29, 1.82) is 5.26 Å². The van der Waals surface area contributed by atoms with Crippen LogP contribution in [-0.4, -0.2) is 31.0 Å². The quantitative estimate of drug-likeness (QED) is 0.844. The van der Waals surface area contributed by atoms with Crippen molar-refractivity contribution in [2.75, 3.05) is 19.8 Å². The van der Waals surface area contributed by atoms with Gasteiger partial charge in [0.15, 0.2) is 0 Å².